The van der Waals surface area contributed by atoms with Gasteiger partial charge in [-0.05, 0) is 54.4 Å². The molecule has 2 aromatic carbocycles. The number of hydrogen-bond donors (Lipinski definition) is 3. The van der Waals surface area contributed by atoms with Crippen molar-refractivity contribution in [2.75, 3.05) is 21.3 Å². The molecule has 3 N–H and O–H groups in total. The highest BCUT2D eigenvalue weighted by atomic mass is 32.1. The molecule has 1 heterocycles. The Morgan fingerprint density at radius 1 is 1.06 bits per heavy atom. The van der Waals surface area contributed by atoms with Gasteiger partial charge in [-0.15, -0.1) is 0 Å². The van der Waals surface area contributed by atoms with Gasteiger partial charge in [0.1, 0.15) is 0 Å². The van der Waals surface area contributed by atoms with Crippen LogP contribution in [0.4, 0.5) is 0 Å². The Balaban J connectivity index is 2.18. The van der Waals surface area contributed by atoms with Crippen LogP contribution in [0.5, 0.6) is 17.2 Å². The van der Waals surface area contributed by atoms with E-state index in [4.69, 9.17) is 26.4 Å². The maximum absolute atomic E-state index is 11.4. The van der Waals surface area contributed by atoms with Crippen molar-refractivity contribution in [2.45, 2.75) is 25.8 Å². The molecule has 164 valence electrons. The largest absolute Gasteiger partial charge is 0.493 e. The molecule has 0 amide bonds. The van der Waals surface area contributed by atoms with Crippen LogP contribution in [-0.4, -0.2) is 37.5 Å². The molecule has 1 unspecified atom stereocenters. The van der Waals surface area contributed by atoms with Gasteiger partial charge in [-0.1, -0.05) is 29.8 Å². The molecule has 0 saturated heterocycles. The maximum atomic E-state index is 11.4. The molecule has 1 aliphatic rings. The molecule has 0 saturated carbocycles. The number of nitrogens with one attached hydrogen (secondary N) is 2. The number of hydrogen-bond acceptors (Lipinski definition) is 5. The molecule has 8 heteroatoms. The number of methoxy groups -OCH3 is 3. The topological polar surface area (TPSA) is 89.1 Å². The van der Waals surface area contributed by atoms with Crippen molar-refractivity contribution in [1.29, 1.82) is 0 Å². The van der Waals surface area contributed by atoms with Crippen LogP contribution in [0.25, 0.3) is 5.70 Å². The highest BCUT2D eigenvalue weighted by Crippen LogP contribution is 2.42. The summed E-state index contributed by atoms with van der Waals surface area (Å²) in [5.41, 5.74) is 4.59. The zero-order valence-electron chi connectivity index (χ0n) is 17.9. The minimum absolute atomic E-state index is 0.0122. The third kappa shape index (κ3) is 4.91. The number of aliphatic carboxylic acids is 1. The van der Waals surface area contributed by atoms with Crippen LogP contribution in [0, 0.1) is 6.92 Å². The van der Waals surface area contributed by atoms with Crippen LogP contribution in [-0.2, 0) is 4.79 Å². The van der Waals surface area contributed by atoms with Gasteiger partial charge in [0.05, 0.1) is 27.4 Å². The van der Waals surface area contributed by atoms with E-state index < -0.39 is 5.97 Å². The minimum atomic E-state index is -0.868. The van der Waals surface area contributed by atoms with Gasteiger partial charge in [-0.2, -0.15) is 0 Å². The molecule has 0 aromatic heterocycles. The SMILES string of the molecule is COc1cc(C2NC(=S)NC(c3ccc(C)cc3)=C2CCC(=O)O)cc(OC)c1OC. The van der Waals surface area contributed by atoms with E-state index in [1.54, 1.807) is 21.3 Å². The van der Waals surface area contributed by atoms with Crippen molar-refractivity contribution in [2.24, 2.45) is 0 Å². The molecule has 2 aromatic rings. The summed E-state index contributed by atoms with van der Waals surface area (Å²) in [4.78, 5) is 11.4. The molecule has 0 aliphatic carbocycles. The van der Waals surface area contributed by atoms with E-state index >= 15 is 0 Å². The van der Waals surface area contributed by atoms with Gasteiger partial charge in [-0.3, -0.25) is 4.79 Å². The lowest BCUT2D eigenvalue weighted by atomic mass is 9.89. The molecular weight excluding hydrogens is 416 g/mol. The first-order valence-corrected chi connectivity index (χ1v) is 10.2. The summed E-state index contributed by atoms with van der Waals surface area (Å²) in [6.07, 6.45) is 0.324. The van der Waals surface area contributed by atoms with Gasteiger partial charge in [0.2, 0.25) is 5.75 Å². The van der Waals surface area contributed by atoms with Crippen molar-refractivity contribution in [1.82, 2.24) is 10.6 Å². The fourth-order valence-corrected chi connectivity index (χ4v) is 3.85. The summed E-state index contributed by atoms with van der Waals surface area (Å²) >= 11 is 5.49. The van der Waals surface area contributed by atoms with Crippen molar-refractivity contribution in [3.8, 4) is 17.2 Å². The fraction of sp³-hybridized carbons (Fsp3) is 0.304. The minimum Gasteiger partial charge on any atom is -0.493 e. The average Bonchev–Trinajstić information content (AvgIpc) is 2.77. The standard InChI is InChI=1S/C23H26N2O5S/c1-13-5-7-14(8-6-13)20-16(9-10-19(26)27)21(25-23(31)24-20)15-11-17(28-2)22(30-4)18(12-15)29-3/h5-8,11-12,21H,9-10H2,1-4H3,(H,26,27)(H2,24,25,31). The van der Waals surface area contributed by atoms with Crippen LogP contribution in [0.3, 0.4) is 0 Å². The number of carbonyl (C=O) groups is 1. The Hall–Kier alpha value is -3.26. The van der Waals surface area contributed by atoms with Gasteiger partial charge in [0, 0.05) is 12.1 Å². The van der Waals surface area contributed by atoms with E-state index in [9.17, 15) is 9.90 Å². The van der Waals surface area contributed by atoms with Crippen LogP contribution >= 0.6 is 12.2 Å². The highest BCUT2D eigenvalue weighted by Gasteiger charge is 2.29. The second-order valence-corrected chi connectivity index (χ2v) is 7.56. The van der Waals surface area contributed by atoms with Crippen LogP contribution in [0.2, 0.25) is 0 Å². The monoisotopic (exact) mass is 442 g/mol. The van der Waals surface area contributed by atoms with E-state index in [1.807, 2.05) is 43.3 Å². The van der Waals surface area contributed by atoms with Gasteiger partial charge in [-0.25, -0.2) is 0 Å². The van der Waals surface area contributed by atoms with Crippen molar-refractivity contribution < 1.29 is 24.1 Å². The molecular formula is C23H26N2O5S. The van der Waals surface area contributed by atoms with E-state index in [-0.39, 0.29) is 12.5 Å². The summed E-state index contributed by atoms with van der Waals surface area (Å²) in [6.45, 7) is 2.02. The van der Waals surface area contributed by atoms with Gasteiger partial charge in [0.15, 0.2) is 16.6 Å². The summed E-state index contributed by atoms with van der Waals surface area (Å²) in [6, 6.07) is 11.4. The molecule has 3 rings (SSSR count). The third-order valence-electron chi connectivity index (χ3n) is 5.15. The Kier molecular flexibility index (Phi) is 7.02. The fourth-order valence-electron chi connectivity index (χ4n) is 3.63. The quantitative estimate of drug-likeness (QED) is 0.532. The first-order valence-electron chi connectivity index (χ1n) is 9.77. The van der Waals surface area contributed by atoms with E-state index in [2.05, 4.69) is 10.6 Å². The number of rotatable bonds is 8. The second-order valence-electron chi connectivity index (χ2n) is 7.15. The lowest BCUT2D eigenvalue weighted by Crippen LogP contribution is -2.43. The van der Waals surface area contributed by atoms with E-state index in [1.165, 1.54) is 0 Å². The van der Waals surface area contributed by atoms with Gasteiger partial charge >= 0.3 is 5.97 Å². The zero-order valence-corrected chi connectivity index (χ0v) is 18.8. The van der Waals surface area contributed by atoms with Crippen molar-refractivity contribution in [3.05, 3.63) is 58.7 Å². The number of carboxylic acids is 1. The predicted molar refractivity (Wildman–Crippen MR) is 123 cm³/mol. The molecule has 0 spiro atoms. The number of ether oxygens (including phenoxy) is 3. The lowest BCUT2D eigenvalue weighted by molar-refractivity contribution is -0.136. The highest BCUT2D eigenvalue weighted by molar-refractivity contribution is 7.80. The average molecular weight is 443 g/mol. The summed E-state index contributed by atoms with van der Waals surface area (Å²) in [7, 11) is 4.66. The predicted octanol–water partition coefficient (Wildman–Crippen LogP) is 3.82. The number of carboxylic acid groups (broad SMARTS) is 1. The Morgan fingerprint density at radius 3 is 2.19 bits per heavy atom. The van der Waals surface area contributed by atoms with Gasteiger partial charge < -0.3 is 30.0 Å². The first kappa shape index (κ1) is 22.4. The number of aryl methyl sites for hydroxylation is 1. The molecule has 7 nitrogen and oxygen atoms in total. The van der Waals surface area contributed by atoms with Crippen LogP contribution in [0.1, 0.15) is 35.6 Å². The first-order chi connectivity index (χ1) is 14.9. The maximum Gasteiger partial charge on any atom is 0.303 e. The third-order valence-corrected chi connectivity index (χ3v) is 5.37. The molecule has 0 radical (unpaired) electrons. The van der Waals surface area contributed by atoms with Crippen LogP contribution < -0.4 is 24.8 Å². The van der Waals surface area contributed by atoms with Crippen molar-refractivity contribution in [3.63, 3.8) is 0 Å². The molecule has 1 aliphatic heterocycles. The van der Waals surface area contributed by atoms with E-state index in [0.717, 1.165) is 28.0 Å². The molecule has 1 atom stereocenters. The summed E-state index contributed by atoms with van der Waals surface area (Å²) < 4.78 is 16.4. The Labute approximate surface area is 187 Å². The smallest absolute Gasteiger partial charge is 0.303 e. The summed E-state index contributed by atoms with van der Waals surface area (Å²) in [5.74, 6) is 0.641. The molecule has 31 heavy (non-hydrogen) atoms. The molecule has 0 bridgehead atoms. The normalized spacial score (nSPS) is 15.7. The zero-order chi connectivity index (χ0) is 22.5. The van der Waals surface area contributed by atoms with Crippen molar-refractivity contribution >= 4 is 29.0 Å². The Bertz CT molecular complexity index is 992. The number of thiocarbonyl (C=S) groups is 1. The molecule has 0 fully saturated rings. The number of benzene rings is 2. The Morgan fingerprint density at radius 2 is 1.68 bits per heavy atom. The summed E-state index contributed by atoms with van der Waals surface area (Å²) in [5, 5.41) is 16.3. The van der Waals surface area contributed by atoms with E-state index in [0.29, 0.717) is 28.8 Å². The second kappa shape index (κ2) is 9.70. The lowest BCUT2D eigenvalue weighted by Gasteiger charge is -2.33. The van der Waals surface area contributed by atoms with Gasteiger partial charge in [0.25, 0.3) is 0 Å². The van der Waals surface area contributed by atoms with Crippen LogP contribution in [0.15, 0.2) is 42.0 Å².